The van der Waals surface area contributed by atoms with Gasteiger partial charge in [0.25, 0.3) is 11.8 Å². The molecular formula is C18H15ClN2O4. The lowest BCUT2D eigenvalue weighted by Crippen LogP contribution is -2.31. The highest BCUT2D eigenvalue weighted by atomic mass is 35.5. The fourth-order valence-electron chi connectivity index (χ4n) is 2.49. The van der Waals surface area contributed by atoms with Gasteiger partial charge in [0, 0.05) is 6.07 Å². The van der Waals surface area contributed by atoms with Crippen molar-refractivity contribution in [2.45, 2.75) is 5.38 Å². The fraction of sp³-hybridized carbons (Fsp3) is 0.167. The van der Waals surface area contributed by atoms with E-state index in [2.05, 4.69) is 4.99 Å². The number of imide groups is 1. The zero-order valence-electron chi connectivity index (χ0n) is 13.6. The summed E-state index contributed by atoms with van der Waals surface area (Å²) in [6.45, 7) is 0. The Morgan fingerprint density at radius 1 is 1.04 bits per heavy atom. The predicted molar refractivity (Wildman–Crippen MR) is 95.2 cm³/mol. The molecule has 0 saturated carbocycles. The van der Waals surface area contributed by atoms with E-state index in [-0.39, 0.29) is 5.71 Å². The molecule has 2 aromatic rings. The molecule has 0 aliphatic carbocycles. The maximum Gasteiger partial charge on any atom is 0.281 e. The van der Waals surface area contributed by atoms with E-state index in [1.54, 1.807) is 48.5 Å². The molecule has 0 N–H and O–H groups in total. The highest BCUT2D eigenvalue weighted by Crippen LogP contribution is 2.33. The molecule has 1 saturated heterocycles. The number of hydrogen-bond donors (Lipinski definition) is 0. The standard InChI is InChI=1S/C18H15ClN2O4/c1-24-12-8-9-13(14(10-12)25-2)20-16-15(19)17(22)21(18(16)23)11-6-4-3-5-7-11/h3-10,15H,1-2H3. The molecule has 0 aromatic heterocycles. The lowest BCUT2D eigenvalue weighted by atomic mass is 10.2. The molecule has 1 unspecified atom stereocenters. The Hall–Kier alpha value is -2.86. The van der Waals surface area contributed by atoms with E-state index in [4.69, 9.17) is 21.1 Å². The Morgan fingerprint density at radius 2 is 1.76 bits per heavy atom. The number of alkyl halides is 1. The minimum absolute atomic E-state index is 0.0426. The van der Waals surface area contributed by atoms with Crippen LogP contribution >= 0.6 is 11.6 Å². The average molecular weight is 359 g/mol. The van der Waals surface area contributed by atoms with Crippen LogP contribution in [0.3, 0.4) is 0 Å². The van der Waals surface area contributed by atoms with Crippen molar-refractivity contribution in [3.8, 4) is 11.5 Å². The highest BCUT2D eigenvalue weighted by Gasteiger charge is 2.44. The number of para-hydroxylation sites is 1. The highest BCUT2D eigenvalue weighted by molar-refractivity contribution is 6.68. The number of nitrogens with zero attached hydrogens (tertiary/aromatic N) is 2. The van der Waals surface area contributed by atoms with Crippen LogP contribution in [-0.2, 0) is 9.59 Å². The average Bonchev–Trinajstić information content (AvgIpc) is 2.86. The van der Waals surface area contributed by atoms with Crippen LogP contribution in [0.1, 0.15) is 0 Å². The Balaban J connectivity index is 2.02. The smallest absolute Gasteiger partial charge is 0.281 e. The summed E-state index contributed by atoms with van der Waals surface area (Å²) in [4.78, 5) is 30.4. The summed E-state index contributed by atoms with van der Waals surface area (Å²) in [5, 5.41) is -1.15. The molecule has 2 amide bonds. The summed E-state index contributed by atoms with van der Waals surface area (Å²) in [6, 6.07) is 13.6. The van der Waals surface area contributed by atoms with Crippen molar-refractivity contribution in [1.29, 1.82) is 0 Å². The van der Waals surface area contributed by atoms with E-state index >= 15 is 0 Å². The first-order valence-corrected chi connectivity index (χ1v) is 7.88. The molecule has 6 nitrogen and oxygen atoms in total. The third-order valence-corrected chi connectivity index (χ3v) is 4.14. The fourth-order valence-corrected chi connectivity index (χ4v) is 2.73. The zero-order valence-corrected chi connectivity index (χ0v) is 14.4. The van der Waals surface area contributed by atoms with Crippen LogP contribution in [0.25, 0.3) is 0 Å². The number of carbonyl (C=O) groups excluding carboxylic acids is 2. The van der Waals surface area contributed by atoms with Gasteiger partial charge in [-0.2, -0.15) is 0 Å². The quantitative estimate of drug-likeness (QED) is 0.622. The monoisotopic (exact) mass is 358 g/mol. The number of halogens is 1. The number of anilines is 1. The minimum Gasteiger partial charge on any atom is -0.497 e. The van der Waals surface area contributed by atoms with Crippen molar-refractivity contribution in [3.05, 3.63) is 48.5 Å². The van der Waals surface area contributed by atoms with E-state index in [1.807, 2.05) is 0 Å². The lowest BCUT2D eigenvalue weighted by Gasteiger charge is -2.12. The number of hydrogen-bond acceptors (Lipinski definition) is 5. The molecule has 2 aromatic carbocycles. The van der Waals surface area contributed by atoms with Gasteiger partial charge in [0.1, 0.15) is 22.9 Å². The van der Waals surface area contributed by atoms with Crippen molar-refractivity contribution in [1.82, 2.24) is 0 Å². The number of amides is 2. The predicted octanol–water partition coefficient (Wildman–Crippen LogP) is 2.96. The molecule has 0 radical (unpaired) electrons. The van der Waals surface area contributed by atoms with E-state index in [9.17, 15) is 9.59 Å². The SMILES string of the molecule is COc1ccc(N=C2C(=O)N(c3ccccc3)C(=O)C2Cl)c(OC)c1. The molecule has 1 atom stereocenters. The normalized spacial score (nSPS) is 18.8. The number of rotatable bonds is 4. The van der Waals surface area contributed by atoms with Crippen LogP contribution in [0.4, 0.5) is 11.4 Å². The lowest BCUT2D eigenvalue weighted by molar-refractivity contribution is -0.120. The number of carbonyl (C=O) groups is 2. The summed E-state index contributed by atoms with van der Waals surface area (Å²) < 4.78 is 10.4. The Kier molecular flexibility index (Phi) is 4.72. The van der Waals surface area contributed by atoms with E-state index in [0.717, 1.165) is 4.90 Å². The van der Waals surface area contributed by atoms with Gasteiger partial charge in [-0.1, -0.05) is 18.2 Å². The Bertz CT molecular complexity index is 851. The van der Waals surface area contributed by atoms with Gasteiger partial charge in [0.2, 0.25) is 0 Å². The van der Waals surface area contributed by atoms with Crippen LogP contribution < -0.4 is 14.4 Å². The third kappa shape index (κ3) is 3.08. The number of benzene rings is 2. The molecule has 1 aliphatic rings. The number of methoxy groups -OCH3 is 2. The first kappa shape index (κ1) is 17.0. The summed E-state index contributed by atoms with van der Waals surface area (Å²) in [5.74, 6) is -0.0738. The van der Waals surface area contributed by atoms with Crippen molar-refractivity contribution < 1.29 is 19.1 Å². The van der Waals surface area contributed by atoms with E-state index in [0.29, 0.717) is 22.9 Å². The zero-order chi connectivity index (χ0) is 18.0. The second-order valence-electron chi connectivity index (χ2n) is 5.21. The number of ether oxygens (including phenoxy) is 2. The number of aliphatic imine (C=N–C) groups is 1. The molecule has 1 aliphatic heterocycles. The molecule has 0 bridgehead atoms. The molecular weight excluding hydrogens is 344 g/mol. The van der Waals surface area contributed by atoms with Crippen LogP contribution in [-0.4, -0.2) is 37.1 Å². The molecule has 0 spiro atoms. The van der Waals surface area contributed by atoms with Gasteiger partial charge < -0.3 is 9.47 Å². The van der Waals surface area contributed by atoms with Gasteiger partial charge in [0.05, 0.1) is 19.9 Å². The molecule has 25 heavy (non-hydrogen) atoms. The molecule has 1 fully saturated rings. The largest absolute Gasteiger partial charge is 0.497 e. The summed E-state index contributed by atoms with van der Waals surface area (Å²) in [6.07, 6.45) is 0. The van der Waals surface area contributed by atoms with Crippen LogP contribution in [0, 0.1) is 0 Å². The summed E-state index contributed by atoms with van der Waals surface area (Å²) in [7, 11) is 3.01. The molecule has 3 rings (SSSR count). The van der Waals surface area contributed by atoms with Crippen LogP contribution in [0.15, 0.2) is 53.5 Å². The van der Waals surface area contributed by atoms with Crippen molar-refractivity contribution >= 4 is 40.5 Å². The maximum atomic E-state index is 12.7. The van der Waals surface area contributed by atoms with Crippen molar-refractivity contribution in [2.24, 2.45) is 4.99 Å². The van der Waals surface area contributed by atoms with Gasteiger partial charge in [-0.05, 0) is 24.3 Å². The minimum atomic E-state index is -1.15. The summed E-state index contributed by atoms with van der Waals surface area (Å²) >= 11 is 6.16. The topological polar surface area (TPSA) is 68.2 Å². The molecule has 1 heterocycles. The van der Waals surface area contributed by atoms with Gasteiger partial charge in [-0.3, -0.25) is 9.59 Å². The first-order chi connectivity index (χ1) is 12.1. The third-order valence-electron chi connectivity index (χ3n) is 3.74. The molecule has 128 valence electrons. The molecule has 7 heteroatoms. The summed E-state index contributed by atoms with van der Waals surface area (Å²) in [5.41, 5.74) is 0.800. The maximum absolute atomic E-state index is 12.7. The van der Waals surface area contributed by atoms with Crippen molar-refractivity contribution in [2.75, 3.05) is 19.1 Å². The van der Waals surface area contributed by atoms with E-state index in [1.165, 1.54) is 14.2 Å². The first-order valence-electron chi connectivity index (χ1n) is 7.45. The second-order valence-corrected chi connectivity index (χ2v) is 5.65. The Labute approximate surface area is 149 Å². The van der Waals surface area contributed by atoms with Crippen LogP contribution in [0.2, 0.25) is 0 Å². The van der Waals surface area contributed by atoms with Gasteiger partial charge in [-0.15, -0.1) is 11.6 Å². The second kappa shape index (κ2) is 6.94. The van der Waals surface area contributed by atoms with Crippen LogP contribution in [0.5, 0.6) is 11.5 Å². The van der Waals surface area contributed by atoms with Gasteiger partial charge >= 0.3 is 0 Å². The van der Waals surface area contributed by atoms with Gasteiger partial charge in [0.15, 0.2) is 5.38 Å². The Morgan fingerprint density at radius 3 is 2.40 bits per heavy atom. The van der Waals surface area contributed by atoms with E-state index < -0.39 is 17.2 Å². The van der Waals surface area contributed by atoms with Crippen molar-refractivity contribution in [3.63, 3.8) is 0 Å². The van der Waals surface area contributed by atoms with Gasteiger partial charge in [-0.25, -0.2) is 9.89 Å².